The molecule has 19 heavy (non-hydrogen) atoms. The molecule has 2 aliphatic rings. The second kappa shape index (κ2) is 5.21. The van der Waals surface area contributed by atoms with E-state index in [1.165, 1.54) is 24.1 Å². The lowest BCUT2D eigenvalue weighted by atomic mass is 10.1. The fraction of sp³-hybridized carbons (Fsp3) is 0.533. The Morgan fingerprint density at radius 2 is 2.16 bits per heavy atom. The van der Waals surface area contributed by atoms with Gasteiger partial charge in [0.05, 0.1) is 0 Å². The molecule has 1 amide bonds. The Hall–Kier alpha value is -1.55. The molecular weight excluding hydrogens is 238 g/mol. The van der Waals surface area contributed by atoms with Gasteiger partial charge in [-0.2, -0.15) is 0 Å². The zero-order valence-corrected chi connectivity index (χ0v) is 11.4. The van der Waals surface area contributed by atoms with E-state index in [1.807, 2.05) is 4.90 Å². The molecule has 0 unspecified atom stereocenters. The number of rotatable bonds is 2. The predicted molar refractivity (Wildman–Crippen MR) is 77.7 cm³/mol. The maximum atomic E-state index is 11.5. The SMILES string of the molecule is CC(=O)N1CCc2cc(NC3CCNCC3)ccc21. The fourth-order valence-electron chi connectivity index (χ4n) is 3.02. The average Bonchev–Trinajstić information content (AvgIpc) is 2.83. The lowest BCUT2D eigenvalue weighted by Gasteiger charge is -2.25. The molecule has 0 radical (unpaired) electrons. The van der Waals surface area contributed by atoms with Crippen LogP contribution in [-0.4, -0.2) is 31.6 Å². The van der Waals surface area contributed by atoms with E-state index in [-0.39, 0.29) is 5.91 Å². The first-order valence-electron chi connectivity index (χ1n) is 7.12. The third-order valence-corrected chi connectivity index (χ3v) is 4.07. The minimum atomic E-state index is 0.137. The first kappa shape index (κ1) is 12.5. The molecule has 0 aromatic heterocycles. The molecule has 2 N–H and O–H groups in total. The monoisotopic (exact) mass is 259 g/mol. The summed E-state index contributed by atoms with van der Waals surface area (Å²) < 4.78 is 0. The van der Waals surface area contributed by atoms with Gasteiger partial charge in [0, 0.05) is 30.9 Å². The van der Waals surface area contributed by atoms with Gasteiger partial charge in [-0.3, -0.25) is 4.79 Å². The van der Waals surface area contributed by atoms with Crippen LogP contribution in [0.4, 0.5) is 11.4 Å². The van der Waals surface area contributed by atoms with E-state index < -0.39 is 0 Å². The molecule has 2 heterocycles. The van der Waals surface area contributed by atoms with Crippen LogP contribution in [0.25, 0.3) is 0 Å². The smallest absolute Gasteiger partial charge is 0.223 e. The lowest BCUT2D eigenvalue weighted by Crippen LogP contribution is -2.35. The zero-order valence-electron chi connectivity index (χ0n) is 11.4. The van der Waals surface area contributed by atoms with Crippen molar-refractivity contribution < 1.29 is 4.79 Å². The fourth-order valence-corrected chi connectivity index (χ4v) is 3.02. The van der Waals surface area contributed by atoms with Crippen LogP contribution in [0.5, 0.6) is 0 Å². The maximum Gasteiger partial charge on any atom is 0.223 e. The summed E-state index contributed by atoms with van der Waals surface area (Å²) in [4.78, 5) is 13.4. The summed E-state index contributed by atoms with van der Waals surface area (Å²) in [6, 6.07) is 6.96. The quantitative estimate of drug-likeness (QED) is 0.850. The van der Waals surface area contributed by atoms with Crippen LogP contribution in [0, 0.1) is 0 Å². The van der Waals surface area contributed by atoms with Crippen molar-refractivity contribution in [1.82, 2.24) is 5.32 Å². The van der Waals surface area contributed by atoms with E-state index in [0.29, 0.717) is 6.04 Å². The van der Waals surface area contributed by atoms with Gasteiger partial charge >= 0.3 is 0 Å². The minimum Gasteiger partial charge on any atom is -0.382 e. The molecular formula is C15H21N3O. The number of carbonyl (C=O) groups excluding carboxylic acids is 1. The summed E-state index contributed by atoms with van der Waals surface area (Å²) in [7, 11) is 0. The van der Waals surface area contributed by atoms with Crippen molar-refractivity contribution in [2.24, 2.45) is 0 Å². The highest BCUT2D eigenvalue weighted by atomic mass is 16.2. The van der Waals surface area contributed by atoms with Crippen LogP contribution < -0.4 is 15.5 Å². The summed E-state index contributed by atoms with van der Waals surface area (Å²) in [5.74, 6) is 0.137. The second-order valence-electron chi connectivity index (χ2n) is 5.43. The topological polar surface area (TPSA) is 44.4 Å². The van der Waals surface area contributed by atoms with Crippen LogP contribution >= 0.6 is 0 Å². The predicted octanol–water partition coefficient (Wildman–Crippen LogP) is 1.76. The van der Waals surface area contributed by atoms with Crippen molar-refractivity contribution in [2.75, 3.05) is 29.9 Å². The van der Waals surface area contributed by atoms with Gasteiger partial charge in [-0.25, -0.2) is 0 Å². The zero-order chi connectivity index (χ0) is 13.2. The van der Waals surface area contributed by atoms with E-state index in [1.54, 1.807) is 6.92 Å². The molecule has 0 spiro atoms. The molecule has 3 rings (SSSR count). The number of nitrogens with one attached hydrogen (secondary N) is 2. The largest absolute Gasteiger partial charge is 0.382 e. The number of benzene rings is 1. The van der Waals surface area contributed by atoms with E-state index in [0.717, 1.165) is 31.7 Å². The Morgan fingerprint density at radius 1 is 1.37 bits per heavy atom. The normalized spacial score (nSPS) is 19.3. The van der Waals surface area contributed by atoms with Crippen LogP contribution in [0.1, 0.15) is 25.3 Å². The van der Waals surface area contributed by atoms with Gasteiger partial charge in [0.25, 0.3) is 0 Å². The summed E-state index contributed by atoms with van der Waals surface area (Å²) >= 11 is 0. The Labute approximate surface area is 114 Å². The van der Waals surface area contributed by atoms with E-state index in [4.69, 9.17) is 0 Å². The van der Waals surface area contributed by atoms with E-state index in [9.17, 15) is 4.79 Å². The van der Waals surface area contributed by atoms with Gasteiger partial charge in [-0.15, -0.1) is 0 Å². The van der Waals surface area contributed by atoms with Gasteiger partial charge in [0.2, 0.25) is 5.91 Å². The number of piperidine rings is 1. The van der Waals surface area contributed by atoms with E-state index in [2.05, 4.69) is 28.8 Å². The van der Waals surface area contributed by atoms with Crippen LogP contribution in [0.2, 0.25) is 0 Å². The Balaban J connectivity index is 1.73. The van der Waals surface area contributed by atoms with Crippen molar-refractivity contribution in [3.8, 4) is 0 Å². The molecule has 0 atom stereocenters. The highest BCUT2D eigenvalue weighted by Crippen LogP contribution is 2.31. The molecule has 4 nitrogen and oxygen atoms in total. The molecule has 0 aliphatic carbocycles. The first-order chi connectivity index (χ1) is 9.24. The summed E-state index contributed by atoms with van der Waals surface area (Å²) in [5.41, 5.74) is 3.56. The summed E-state index contributed by atoms with van der Waals surface area (Å²) in [5, 5.41) is 6.99. The van der Waals surface area contributed by atoms with Gasteiger partial charge in [-0.1, -0.05) is 0 Å². The number of hydrogen-bond acceptors (Lipinski definition) is 3. The molecule has 1 aromatic rings. The maximum absolute atomic E-state index is 11.5. The highest BCUT2D eigenvalue weighted by molar-refractivity contribution is 5.94. The molecule has 102 valence electrons. The van der Waals surface area contributed by atoms with Crippen molar-refractivity contribution in [3.63, 3.8) is 0 Å². The van der Waals surface area contributed by atoms with Crippen molar-refractivity contribution >= 4 is 17.3 Å². The number of carbonyl (C=O) groups is 1. The standard InChI is InChI=1S/C15H21N3O/c1-11(19)18-9-6-12-10-14(2-3-15(12)18)17-13-4-7-16-8-5-13/h2-3,10,13,16-17H,4-9H2,1H3. The van der Waals surface area contributed by atoms with E-state index >= 15 is 0 Å². The molecule has 1 fully saturated rings. The number of fused-ring (bicyclic) bond motifs is 1. The molecule has 1 saturated heterocycles. The van der Waals surface area contributed by atoms with Crippen LogP contribution in [-0.2, 0) is 11.2 Å². The average molecular weight is 259 g/mol. The first-order valence-corrected chi connectivity index (χ1v) is 7.12. The van der Waals surface area contributed by atoms with Crippen LogP contribution in [0.3, 0.4) is 0 Å². The Morgan fingerprint density at radius 3 is 2.89 bits per heavy atom. The van der Waals surface area contributed by atoms with Crippen molar-refractivity contribution in [3.05, 3.63) is 23.8 Å². The number of hydrogen-bond donors (Lipinski definition) is 2. The third kappa shape index (κ3) is 2.59. The number of amides is 1. The summed E-state index contributed by atoms with van der Waals surface area (Å²) in [6.07, 6.45) is 3.32. The van der Waals surface area contributed by atoms with Gasteiger partial charge in [-0.05, 0) is 56.1 Å². The molecule has 0 saturated carbocycles. The lowest BCUT2D eigenvalue weighted by molar-refractivity contribution is -0.116. The second-order valence-corrected chi connectivity index (χ2v) is 5.43. The summed E-state index contributed by atoms with van der Waals surface area (Å²) in [6.45, 7) is 4.65. The Bertz CT molecular complexity index is 480. The number of nitrogens with zero attached hydrogens (tertiary/aromatic N) is 1. The third-order valence-electron chi connectivity index (χ3n) is 4.07. The Kier molecular flexibility index (Phi) is 3.42. The molecule has 0 bridgehead atoms. The van der Waals surface area contributed by atoms with Gasteiger partial charge in [0.15, 0.2) is 0 Å². The number of anilines is 2. The molecule has 1 aromatic carbocycles. The van der Waals surface area contributed by atoms with Crippen molar-refractivity contribution in [1.29, 1.82) is 0 Å². The van der Waals surface area contributed by atoms with Crippen LogP contribution in [0.15, 0.2) is 18.2 Å². The highest BCUT2D eigenvalue weighted by Gasteiger charge is 2.22. The van der Waals surface area contributed by atoms with Crippen molar-refractivity contribution in [2.45, 2.75) is 32.2 Å². The van der Waals surface area contributed by atoms with Gasteiger partial charge in [0.1, 0.15) is 0 Å². The minimum absolute atomic E-state index is 0.137. The molecule has 4 heteroatoms. The van der Waals surface area contributed by atoms with Gasteiger partial charge < -0.3 is 15.5 Å². The molecule has 2 aliphatic heterocycles.